The van der Waals surface area contributed by atoms with Crippen LogP contribution in [0.25, 0.3) is 22.3 Å². The maximum Gasteiger partial charge on any atom is 0.303 e. The summed E-state index contributed by atoms with van der Waals surface area (Å²) in [6.45, 7) is 8.88. The summed E-state index contributed by atoms with van der Waals surface area (Å²) in [5.74, 6) is 0.924. The first-order valence-corrected chi connectivity index (χ1v) is 14.9. The number of aliphatic carboxylic acids is 1. The Hall–Kier alpha value is -4.36. The van der Waals surface area contributed by atoms with E-state index in [1.807, 2.05) is 12.1 Å². The number of nitriles is 1. The van der Waals surface area contributed by atoms with Crippen LogP contribution >= 0.6 is 0 Å². The summed E-state index contributed by atoms with van der Waals surface area (Å²) in [5.41, 5.74) is 10.6. The van der Waals surface area contributed by atoms with Crippen molar-refractivity contribution in [1.82, 2.24) is 0 Å². The molecule has 0 saturated carbocycles. The molecule has 0 atom stereocenters. The summed E-state index contributed by atoms with van der Waals surface area (Å²) >= 11 is 0. The van der Waals surface area contributed by atoms with Crippen LogP contribution in [0.2, 0.25) is 0 Å². The molecule has 0 saturated heterocycles. The molecule has 0 aliphatic carbocycles. The average molecular weight is 560 g/mol. The SMILES string of the molecule is CC(C)Cc1cc(-c2ccc(-c3ccc(CCC(=O)O)c(Cc4ccccc4)c3CC(C)C)cc2)ccc1OCC#N. The van der Waals surface area contributed by atoms with Gasteiger partial charge in [-0.1, -0.05) is 100 Å². The predicted molar refractivity (Wildman–Crippen MR) is 171 cm³/mol. The number of hydrogen-bond donors (Lipinski definition) is 1. The van der Waals surface area contributed by atoms with Crippen LogP contribution in [0.1, 0.15) is 61.9 Å². The highest BCUT2D eigenvalue weighted by Crippen LogP contribution is 2.35. The lowest BCUT2D eigenvalue weighted by molar-refractivity contribution is -0.136. The van der Waals surface area contributed by atoms with Gasteiger partial charge in [0.2, 0.25) is 0 Å². The van der Waals surface area contributed by atoms with Crippen molar-refractivity contribution in [3.05, 3.63) is 113 Å². The Balaban J connectivity index is 1.74. The molecule has 216 valence electrons. The Labute approximate surface area is 250 Å². The zero-order chi connectivity index (χ0) is 30.1. The van der Waals surface area contributed by atoms with Gasteiger partial charge < -0.3 is 9.84 Å². The number of carboxylic acids is 1. The van der Waals surface area contributed by atoms with Crippen LogP contribution in [0.5, 0.6) is 5.75 Å². The highest BCUT2D eigenvalue weighted by molar-refractivity contribution is 5.75. The first-order chi connectivity index (χ1) is 20.2. The van der Waals surface area contributed by atoms with Crippen LogP contribution < -0.4 is 4.74 Å². The first-order valence-electron chi connectivity index (χ1n) is 14.9. The summed E-state index contributed by atoms with van der Waals surface area (Å²) in [6, 6.07) is 31.8. The van der Waals surface area contributed by atoms with E-state index in [0.29, 0.717) is 18.3 Å². The third-order valence-electron chi connectivity index (χ3n) is 7.48. The molecular formula is C38H41NO3. The number of rotatable bonds is 13. The van der Waals surface area contributed by atoms with Gasteiger partial charge in [0.15, 0.2) is 6.61 Å². The van der Waals surface area contributed by atoms with Gasteiger partial charge in [0.05, 0.1) is 0 Å². The van der Waals surface area contributed by atoms with Gasteiger partial charge in [-0.15, -0.1) is 0 Å². The minimum Gasteiger partial charge on any atom is -0.481 e. The van der Waals surface area contributed by atoms with Crippen molar-refractivity contribution < 1.29 is 14.6 Å². The van der Waals surface area contributed by atoms with Crippen LogP contribution in [0, 0.1) is 23.2 Å². The summed E-state index contributed by atoms with van der Waals surface area (Å²) in [5, 5.41) is 18.4. The number of hydrogen-bond acceptors (Lipinski definition) is 3. The van der Waals surface area contributed by atoms with Gasteiger partial charge in [-0.25, -0.2) is 0 Å². The van der Waals surface area contributed by atoms with Gasteiger partial charge in [-0.3, -0.25) is 4.79 Å². The number of benzene rings is 4. The molecule has 42 heavy (non-hydrogen) atoms. The van der Waals surface area contributed by atoms with Gasteiger partial charge in [0, 0.05) is 6.42 Å². The van der Waals surface area contributed by atoms with Crippen molar-refractivity contribution in [2.75, 3.05) is 6.61 Å². The molecule has 0 spiro atoms. The molecule has 0 bridgehead atoms. The topological polar surface area (TPSA) is 70.3 Å². The molecular weight excluding hydrogens is 518 g/mol. The molecule has 4 nitrogen and oxygen atoms in total. The monoisotopic (exact) mass is 559 g/mol. The van der Waals surface area contributed by atoms with E-state index in [0.717, 1.165) is 52.8 Å². The molecule has 4 rings (SSSR count). The summed E-state index contributed by atoms with van der Waals surface area (Å²) < 4.78 is 5.70. The second-order valence-corrected chi connectivity index (χ2v) is 11.8. The average Bonchev–Trinajstić information content (AvgIpc) is 2.96. The predicted octanol–water partition coefficient (Wildman–Crippen LogP) is 8.93. The molecule has 0 aliphatic heterocycles. The zero-order valence-electron chi connectivity index (χ0n) is 25.2. The molecule has 0 radical (unpaired) electrons. The fraction of sp³-hybridized carbons (Fsp3) is 0.316. The maximum atomic E-state index is 11.5. The zero-order valence-corrected chi connectivity index (χ0v) is 25.2. The summed E-state index contributed by atoms with van der Waals surface area (Å²) in [4.78, 5) is 11.5. The van der Waals surface area contributed by atoms with E-state index in [1.54, 1.807) is 0 Å². The van der Waals surface area contributed by atoms with Crippen molar-refractivity contribution >= 4 is 5.97 Å². The third kappa shape index (κ3) is 8.10. The van der Waals surface area contributed by atoms with E-state index in [9.17, 15) is 9.90 Å². The summed E-state index contributed by atoms with van der Waals surface area (Å²) in [6.07, 6.45) is 3.22. The molecule has 0 amide bonds. The van der Waals surface area contributed by atoms with E-state index in [-0.39, 0.29) is 13.0 Å². The van der Waals surface area contributed by atoms with Crippen LogP contribution in [0.15, 0.2) is 84.9 Å². The lowest BCUT2D eigenvalue weighted by atomic mass is 9.83. The molecule has 0 aromatic heterocycles. The molecule has 0 fully saturated rings. The number of carbonyl (C=O) groups is 1. The minimum atomic E-state index is -0.771. The second-order valence-electron chi connectivity index (χ2n) is 11.8. The smallest absolute Gasteiger partial charge is 0.303 e. The van der Waals surface area contributed by atoms with Crippen LogP contribution in [-0.2, 0) is 30.5 Å². The van der Waals surface area contributed by atoms with Crippen molar-refractivity contribution in [3.8, 4) is 34.1 Å². The minimum absolute atomic E-state index is 0.0409. The van der Waals surface area contributed by atoms with E-state index in [1.165, 1.54) is 22.3 Å². The van der Waals surface area contributed by atoms with Gasteiger partial charge in [-0.2, -0.15) is 5.26 Å². The number of carboxylic acid groups (broad SMARTS) is 1. The van der Waals surface area contributed by atoms with Gasteiger partial charge >= 0.3 is 5.97 Å². The van der Waals surface area contributed by atoms with Crippen LogP contribution in [0.3, 0.4) is 0 Å². The molecule has 1 N–H and O–H groups in total. The molecule has 0 unspecified atom stereocenters. The number of nitrogens with zero attached hydrogens (tertiary/aromatic N) is 1. The Morgan fingerprint density at radius 2 is 1.45 bits per heavy atom. The van der Waals surface area contributed by atoms with Gasteiger partial charge in [-0.05, 0) is 99.7 Å². The highest BCUT2D eigenvalue weighted by Gasteiger charge is 2.18. The second kappa shape index (κ2) is 14.5. The maximum absolute atomic E-state index is 11.5. The van der Waals surface area contributed by atoms with Crippen molar-refractivity contribution in [3.63, 3.8) is 0 Å². The van der Waals surface area contributed by atoms with E-state index in [4.69, 9.17) is 10.00 Å². The quantitative estimate of drug-likeness (QED) is 0.177. The van der Waals surface area contributed by atoms with Crippen molar-refractivity contribution in [2.24, 2.45) is 11.8 Å². The molecule has 0 heterocycles. The summed E-state index contributed by atoms with van der Waals surface area (Å²) in [7, 11) is 0. The fourth-order valence-electron chi connectivity index (χ4n) is 5.60. The molecule has 4 heteroatoms. The van der Waals surface area contributed by atoms with E-state index < -0.39 is 5.97 Å². The lowest BCUT2D eigenvalue weighted by Crippen LogP contribution is -2.08. The largest absolute Gasteiger partial charge is 0.481 e. The van der Waals surface area contributed by atoms with Gasteiger partial charge in [0.25, 0.3) is 0 Å². The Morgan fingerprint density at radius 1 is 0.786 bits per heavy atom. The molecule has 0 aliphatic rings. The Morgan fingerprint density at radius 3 is 2.10 bits per heavy atom. The van der Waals surface area contributed by atoms with Crippen LogP contribution in [0.4, 0.5) is 0 Å². The molecule has 4 aromatic rings. The number of ether oxygens (including phenoxy) is 1. The standard InChI is InChI=1S/C38H41NO3/c1-26(2)22-33-25-32(15-18-37(33)42-21-20-39)29-10-12-30(13-11-29)34-17-14-31(16-19-38(40)41)35(36(34)23-27(3)4)24-28-8-6-5-7-9-28/h5-15,17-18,25-27H,16,19,21-24H2,1-4H3,(H,40,41). The lowest BCUT2D eigenvalue weighted by Gasteiger charge is -2.21. The Kier molecular flexibility index (Phi) is 10.6. The van der Waals surface area contributed by atoms with E-state index in [2.05, 4.69) is 107 Å². The fourth-order valence-corrected chi connectivity index (χ4v) is 5.60. The van der Waals surface area contributed by atoms with E-state index >= 15 is 0 Å². The molecule has 4 aromatic carbocycles. The first kappa shape index (κ1) is 30.6. The van der Waals surface area contributed by atoms with Crippen molar-refractivity contribution in [1.29, 1.82) is 5.26 Å². The highest BCUT2D eigenvalue weighted by atomic mass is 16.5. The van der Waals surface area contributed by atoms with Gasteiger partial charge in [0.1, 0.15) is 11.8 Å². The van der Waals surface area contributed by atoms with Crippen molar-refractivity contribution in [2.45, 2.75) is 59.8 Å². The Bertz CT molecular complexity index is 1530. The van der Waals surface area contributed by atoms with Crippen LogP contribution in [-0.4, -0.2) is 17.7 Å². The normalized spacial score (nSPS) is 11.1. The number of aryl methyl sites for hydroxylation is 1. The third-order valence-corrected chi connectivity index (χ3v) is 7.48.